The lowest BCUT2D eigenvalue weighted by atomic mass is 10.5. The Morgan fingerprint density at radius 1 is 1.29 bits per heavy atom. The van der Waals surface area contributed by atoms with E-state index in [9.17, 15) is 13.2 Å². The SMILES string of the molecule is O=CC(F)C(F)F. The van der Waals surface area contributed by atoms with Gasteiger partial charge in [0.1, 0.15) is 0 Å². The number of halogens is 3. The normalized spacial score (nSPS) is 14.3. The molecule has 0 amide bonds. The molecule has 42 valence electrons. The van der Waals surface area contributed by atoms with Gasteiger partial charge in [-0.1, -0.05) is 0 Å². The lowest BCUT2D eigenvalue weighted by Gasteiger charge is -1.92. The molecule has 0 aliphatic rings. The standard InChI is InChI=1S/C3H3F3O/c4-2(1-7)3(5)6/h1-3H. The molecule has 0 aliphatic carbocycles. The van der Waals surface area contributed by atoms with Crippen LogP contribution in [-0.4, -0.2) is 18.9 Å². The molecule has 0 aliphatic heterocycles. The molecule has 0 spiro atoms. The first-order valence-corrected chi connectivity index (χ1v) is 1.56. The Labute approximate surface area is 38.1 Å². The van der Waals surface area contributed by atoms with Crippen LogP contribution in [0.25, 0.3) is 0 Å². The first-order chi connectivity index (χ1) is 3.18. The molecule has 1 unspecified atom stereocenters. The second-order valence-corrected chi connectivity index (χ2v) is 0.915. The largest absolute Gasteiger partial charge is 0.300 e. The fourth-order valence-electron chi connectivity index (χ4n) is 0.0594. The molecule has 7 heavy (non-hydrogen) atoms. The molecule has 1 nitrogen and oxygen atoms in total. The molecular weight excluding hydrogens is 109 g/mol. The van der Waals surface area contributed by atoms with Crippen molar-refractivity contribution in [3.8, 4) is 0 Å². The lowest BCUT2D eigenvalue weighted by Crippen LogP contribution is -2.12. The van der Waals surface area contributed by atoms with Crippen LogP contribution in [0.4, 0.5) is 13.2 Å². The van der Waals surface area contributed by atoms with Crippen molar-refractivity contribution < 1.29 is 18.0 Å². The van der Waals surface area contributed by atoms with Gasteiger partial charge in [-0.05, 0) is 0 Å². The number of carbonyl (C=O) groups is 1. The van der Waals surface area contributed by atoms with E-state index in [2.05, 4.69) is 0 Å². The quantitative estimate of drug-likeness (QED) is 0.482. The van der Waals surface area contributed by atoms with Gasteiger partial charge >= 0.3 is 0 Å². The molecule has 0 rings (SSSR count). The van der Waals surface area contributed by atoms with Crippen molar-refractivity contribution in [2.45, 2.75) is 12.6 Å². The second-order valence-electron chi connectivity index (χ2n) is 0.915. The zero-order valence-electron chi connectivity index (χ0n) is 3.27. The number of alkyl halides is 3. The van der Waals surface area contributed by atoms with E-state index < -0.39 is 18.9 Å². The number of hydrogen-bond donors (Lipinski definition) is 0. The van der Waals surface area contributed by atoms with Crippen LogP contribution in [0.5, 0.6) is 0 Å². The van der Waals surface area contributed by atoms with Crippen LogP contribution in [-0.2, 0) is 4.79 Å². The van der Waals surface area contributed by atoms with Gasteiger partial charge in [0.05, 0.1) is 0 Å². The summed E-state index contributed by atoms with van der Waals surface area (Å²) in [6, 6.07) is 0. The van der Waals surface area contributed by atoms with E-state index in [1.165, 1.54) is 0 Å². The number of hydrogen-bond acceptors (Lipinski definition) is 1. The molecule has 0 heterocycles. The third-order valence-corrected chi connectivity index (χ3v) is 0.371. The van der Waals surface area contributed by atoms with Crippen molar-refractivity contribution >= 4 is 6.29 Å². The summed E-state index contributed by atoms with van der Waals surface area (Å²) in [6.45, 7) is 0. The van der Waals surface area contributed by atoms with Crippen LogP contribution >= 0.6 is 0 Å². The van der Waals surface area contributed by atoms with E-state index in [1.807, 2.05) is 0 Å². The van der Waals surface area contributed by atoms with Gasteiger partial charge in [0.15, 0.2) is 6.29 Å². The molecule has 0 fully saturated rings. The van der Waals surface area contributed by atoms with Gasteiger partial charge in [0.2, 0.25) is 6.17 Å². The molecule has 4 heteroatoms. The number of rotatable bonds is 2. The molecule has 0 bridgehead atoms. The molecule has 0 saturated carbocycles. The summed E-state index contributed by atoms with van der Waals surface area (Å²) in [5, 5.41) is 0. The van der Waals surface area contributed by atoms with E-state index in [-0.39, 0.29) is 0 Å². The highest BCUT2D eigenvalue weighted by atomic mass is 19.3. The average molecular weight is 112 g/mol. The maximum atomic E-state index is 11.1. The van der Waals surface area contributed by atoms with Crippen LogP contribution in [0, 0.1) is 0 Å². The van der Waals surface area contributed by atoms with Crippen LogP contribution in [0.3, 0.4) is 0 Å². The number of aldehydes is 1. The van der Waals surface area contributed by atoms with Crippen molar-refractivity contribution in [2.24, 2.45) is 0 Å². The third kappa shape index (κ3) is 2.19. The summed E-state index contributed by atoms with van der Waals surface area (Å²) in [7, 11) is 0. The molecule has 1 atom stereocenters. The molecule has 0 saturated heterocycles. The first kappa shape index (κ1) is 6.46. The molecular formula is C3H3F3O. The van der Waals surface area contributed by atoms with Gasteiger partial charge in [0.25, 0.3) is 6.43 Å². The van der Waals surface area contributed by atoms with Crippen molar-refractivity contribution in [2.75, 3.05) is 0 Å². The highest BCUT2D eigenvalue weighted by Gasteiger charge is 2.16. The van der Waals surface area contributed by atoms with Crippen molar-refractivity contribution in [1.29, 1.82) is 0 Å². The van der Waals surface area contributed by atoms with Gasteiger partial charge in [-0.25, -0.2) is 13.2 Å². The topological polar surface area (TPSA) is 17.1 Å². The Morgan fingerprint density at radius 3 is 1.71 bits per heavy atom. The Kier molecular flexibility index (Phi) is 2.40. The zero-order valence-corrected chi connectivity index (χ0v) is 3.27. The summed E-state index contributed by atoms with van der Waals surface area (Å²) >= 11 is 0. The monoisotopic (exact) mass is 112 g/mol. The summed E-state index contributed by atoms with van der Waals surface area (Å²) < 4.78 is 32.8. The number of carbonyl (C=O) groups excluding carboxylic acids is 1. The van der Waals surface area contributed by atoms with Crippen LogP contribution in [0.15, 0.2) is 0 Å². The van der Waals surface area contributed by atoms with Gasteiger partial charge in [-0.3, -0.25) is 4.79 Å². The van der Waals surface area contributed by atoms with E-state index in [0.29, 0.717) is 0 Å². The highest BCUT2D eigenvalue weighted by Crippen LogP contribution is 2.00. The molecule has 0 aromatic carbocycles. The van der Waals surface area contributed by atoms with Crippen LogP contribution in [0.2, 0.25) is 0 Å². The molecule has 0 N–H and O–H groups in total. The molecule has 0 radical (unpaired) electrons. The van der Waals surface area contributed by atoms with Gasteiger partial charge in [-0.15, -0.1) is 0 Å². The fourth-order valence-corrected chi connectivity index (χ4v) is 0.0594. The highest BCUT2D eigenvalue weighted by molar-refractivity contribution is 5.56. The zero-order chi connectivity index (χ0) is 5.86. The van der Waals surface area contributed by atoms with Gasteiger partial charge < -0.3 is 0 Å². The summed E-state index contributed by atoms with van der Waals surface area (Å²) in [5.74, 6) is 0. The maximum absolute atomic E-state index is 11.1. The van der Waals surface area contributed by atoms with Gasteiger partial charge in [-0.2, -0.15) is 0 Å². The molecule has 0 aromatic rings. The maximum Gasteiger partial charge on any atom is 0.276 e. The average Bonchev–Trinajstić information content (AvgIpc) is 1.65. The molecule has 0 aromatic heterocycles. The third-order valence-electron chi connectivity index (χ3n) is 0.371. The van der Waals surface area contributed by atoms with E-state index in [4.69, 9.17) is 4.79 Å². The fraction of sp³-hybridized carbons (Fsp3) is 0.667. The summed E-state index contributed by atoms with van der Waals surface area (Å²) in [4.78, 5) is 9.09. The Morgan fingerprint density at radius 2 is 1.71 bits per heavy atom. The predicted octanol–water partition coefficient (Wildman–Crippen LogP) is 0.788. The summed E-state index contributed by atoms with van der Waals surface area (Å²) in [6.07, 6.45) is -6.21. The smallest absolute Gasteiger partial charge is 0.276 e. The van der Waals surface area contributed by atoms with Crippen molar-refractivity contribution in [1.82, 2.24) is 0 Å². The Balaban J connectivity index is 3.33. The minimum absolute atomic E-state index is 0.426. The Hall–Kier alpha value is -0.540. The van der Waals surface area contributed by atoms with E-state index >= 15 is 0 Å². The summed E-state index contributed by atoms with van der Waals surface area (Å²) in [5.41, 5.74) is 0. The van der Waals surface area contributed by atoms with Gasteiger partial charge in [0, 0.05) is 0 Å². The lowest BCUT2D eigenvalue weighted by molar-refractivity contribution is -0.116. The van der Waals surface area contributed by atoms with Crippen molar-refractivity contribution in [3.05, 3.63) is 0 Å². The van der Waals surface area contributed by atoms with E-state index in [0.717, 1.165) is 0 Å². The minimum atomic E-state index is -3.17. The Bertz CT molecular complexity index is 63.2. The second kappa shape index (κ2) is 2.60. The van der Waals surface area contributed by atoms with Crippen LogP contribution in [0.1, 0.15) is 0 Å². The van der Waals surface area contributed by atoms with Crippen LogP contribution < -0.4 is 0 Å². The minimum Gasteiger partial charge on any atom is -0.300 e. The predicted molar refractivity (Wildman–Crippen MR) is 17.0 cm³/mol. The van der Waals surface area contributed by atoms with Crippen molar-refractivity contribution in [3.63, 3.8) is 0 Å². The first-order valence-electron chi connectivity index (χ1n) is 1.56. The van der Waals surface area contributed by atoms with E-state index in [1.54, 1.807) is 0 Å².